The van der Waals surface area contributed by atoms with E-state index in [1.165, 1.54) is 5.56 Å². The molecule has 120 valence electrons. The first-order valence-corrected chi connectivity index (χ1v) is 8.50. The van der Waals surface area contributed by atoms with E-state index < -0.39 is 0 Å². The number of nitrogens with zero attached hydrogens (tertiary/aromatic N) is 5. The molecular weight excluding hydrogens is 308 g/mol. The molecule has 0 saturated carbocycles. The molecule has 0 amide bonds. The van der Waals surface area contributed by atoms with Crippen molar-refractivity contribution in [2.75, 3.05) is 5.32 Å². The van der Waals surface area contributed by atoms with Crippen molar-refractivity contribution in [1.29, 1.82) is 0 Å². The van der Waals surface area contributed by atoms with Crippen LogP contribution in [0.15, 0.2) is 29.6 Å². The van der Waals surface area contributed by atoms with Crippen molar-refractivity contribution in [3.05, 3.63) is 45.9 Å². The molecule has 0 aliphatic carbocycles. The Kier molecular flexibility index (Phi) is 4.38. The highest BCUT2D eigenvalue weighted by atomic mass is 32.1. The van der Waals surface area contributed by atoms with E-state index in [1.807, 2.05) is 24.3 Å². The Morgan fingerprint density at radius 2 is 1.87 bits per heavy atom. The molecule has 2 heterocycles. The molecular formula is C16H20N6S. The number of hydrogen-bond donors (Lipinski definition) is 1. The van der Waals surface area contributed by atoms with Gasteiger partial charge >= 0.3 is 0 Å². The van der Waals surface area contributed by atoms with E-state index in [0.717, 1.165) is 16.4 Å². The quantitative estimate of drug-likeness (QED) is 0.773. The Morgan fingerprint density at radius 1 is 1.13 bits per heavy atom. The van der Waals surface area contributed by atoms with Gasteiger partial charge in [0.25, 0.3) is 0 Å². The van der Waals surface area contributed by atoms with Crippen LogP contribution in [0.1, 0.15) is 49.0 Å². The highest BCUT2D eigenvalue weighted by molar-refractivity contribution is 7.09. The maximum Gasteiger partial charge on any atom is 0.248 e. The number of aryl methyl sites for hydroxylation is 1. The zero-order valence-electron chi connectivity index (χ0n) is 13.7. The summed E-state index contributed by atoms with van der Waals surface area (Å²) in [6.07, 6.45) is 0. The highest BCUT2D eigenvalue weighted by Crippen LogP contribution is 2.25. The Labute approximate surface area is 139 Å². The van der Waals surface area contributed by atoms with Gasteiger partial charge in [-0.3, -0.25) is 0 Å². The van der Waals surface area contributed by atoms with Gasteiger partial charge in [-0.15, -0.1) is 11.3 Å². The van der Waals surface area contributed by atoms with Gasteiger partial charge in [-0.1, -0.05) is 36.6 Å². The number of thiazole rings is 1. The zero-order chi connectivity index (χ0) is 16.4. The van der Waals surface area contributed by atoms with Gasteiger partial charge in [-0.25, -0.2) is 4.98 Å². The van der Waals surface area contributed by atoms with Crippen LogP contribution in [0.5, 0.6) is 0 Å². The van der Waals surface area contributed by atoms with Crippen molar-refractivity contribution in [3.63, 3.8) is 0 Å². The zero-order valence-corrected chi connectivity index (χ0v) is 14.5. The van der Waals surface area contributed by atoms with Gasteiger partial charge in [0.2, 0.25) is 5.95 Å². The van der Waals surface area contributed by atoms with Crippen LogP contribution in [-0.2, 0) is 0 Å². The Bertz CT molecular complexity index is 774. The monoisotopic (exact) mass is 328 g/mol. The largest absolute Gasteiger partial charge is 0.345 e. The molecule has 1 aromatic carbocycles. The molecule has 6 nitrogen and oxygen atoms in total. The summed E-state index contributed by atoms with van der Waals surface area (Å²) < 4.78 is 1.70. The van der Waals surface area contributed by atoms with Crippen molar-refractivity contribution < 1.29 is 0 Å². The third-order valence-corrected chi connectivity index (χ3v) is 4.73. The highest BCUT2D eigenvalue weighted by Gasteiger charge is 2.15. The summed E-state index contributed by atoms with van der Waals surface area (Å²) in [5.74, 6) is 1.05. The summed E-state index contributed by atoms with van der Waals surface area (Å²) in [5.41, 5.74) is 3.14. The van der Waals surface area contributed by atoms with Gasteiger partial charge < -0.3 is 5.32 Å². The molecule has 0 radical (unpaired) electrons. The first kappa shape index (κ1) is 15.6. The van der Waals surface area contributed by atoms with Gasteiger partial charge in [0.15, 0.2) is 0 Å². The summed E-state index contributed by atoms with van der Waals surface area (Å²) in [5, 5.41) is 18.5. The minimum atomic E-state index is 0.0361. The maximum atomic E-state index is 4.68. The van der Waals surface area contributed by atoms with Gasteiger partial charge in [0, 0.05) is 11.3 Å². The molecule has 7 heteroatoms. The van der Waals surface area contributed by atoms with Gasteiger partial charge in [-0.05, 0) is 36.4 Å². The number of benzene rings is 1. The predicted molar refractivity (Wildman–Crippen MR) is 92.1 cm³/mol. The van der Waals surface area contributed by atoms with Crippen LogP contribution < -0.4 is 5.32 Å². The number of nitrogens with one attached hydrogen (secondary N) is 1. The molecule has 0 aliphatic heterocycles. The van der Waals surface area contributed by atoms with E-state index in [9.17, 15) is 0 Å². The fourth-order valence-electron chi connectivity index (χ4n) is 2.17. The first-order chi connectivity index (χ1) is 11.0. The Hall–Kier alpha value is -2.28. The van der Waals surface area contributed by atoms with Crippen molar-refractivity contribution in [2.24, 2.45) is 0 Å². The fourth-order valence-corrected chi connectivity index (χ4v) is 3.10. The Balaban J connectivity index is 1.80. The molecule has 0 spiro atoms. The van der Waals surface area contributed by atoms with Crippen molar-refractivity contribution in [2.45, 2.75) is 39.7 Å². The maximum absolute atomic E-state index is 4.68. The van der Waals surface area contributed by atoms with Crippen LogP contribution in [0.25, 0.3) is 5.69 Å². The summed E-state index contributed by atoms with van der Waals surface area (Å²) in [6.45, 7) is 8.42. The first-order valence-electron chi connectivity index (χ1n) is 7.62. The second-order valence-electron chi connectivity index (χ2n) is 5.88. The van der Waals surface area contributed by atoms with Crippen molar-refractivity contribution in [3.8, 4) is 5.69 Å². The third-order valence-electron chi connectivity index (χ3n) is 3.57. The molecule has 0 fully saturated rings. The molecule has 3 rings (SSSR count). The Morgan fingerprint density at radius 3 is 2.52 bits per heavy atom. The molecule has 0 bridgehead atoms. The summed E-state index contributed by atoms with van der Waals surface area (Å²) in [7, 11) is 0. The van der Waals surface area contributed by atoms with Gasteiger partial charge in [-0.2, -0.15) is 4.68 Å². The molecule has 0 saturated heterocycles. The summed E-state index contributed by atoms with van der Waals surface area (Å²) in [4.78, 5) is 4.68. The molecule has 1 unspecified atom stereocenters. The molecule has 1 N–H and O–H groups in total. The van der Waals surface area contributed by atoms with Crippen LogP contribution in [0.3, 0.4) is 0 Å². The van der Waals surface area contributed by atoms with Gasteiger partial charge in [0.05, 0.1) is 22.4 Å². The summed E-state index contributed by atoms with van der Waals surface area (Å²) >= 11 is 1.69. The lowest BCUT2D eigenvalue weighted by Gasteiger charge is -2.12. The molecule has 1 atom stereocenters. The average molecular weight is 328 g/mol. The smallest absolute Gasteiger partial charge is 0.248 e. The molecule has 2 aromatic heterocycles. The minimum Gasteiger partial charge on any atom is -0.345 e. The van der Waals surface area contributed by atoms with E-state index in [-0.39, 0.29) is 6.04 Å². The summed E-state index contributed by atoms with van der Waals surface area (Å²) in [6, 6.07) is 8.12. The molecule has 23 heavy (non-hydrogen) atoms. The lowest BCUT2D eigenvalue weighted by Crippen LogP contribution is -2.12. The van der Waals surface area contributed by atoms with Crippen molar-refractivity contribution >= 4 is 17.3 Å². The minimum absolute atomic E-state index is 0.0361. The second-order valence-corrected chi connectivity index (χ2v) is 6.77. The standard InChI is InChI=1S/C16H20N6S/c1-10(2)15-18-14(9-23-15)12(4)17-16-19-20-21-22(16)13-7-5-11(3)6-8-13/h5-10,12H,1-4H3,(H,17,19,21). The van der Waals surface area contributed by atoms with Crippen LogP contribution in [0.4, 0.5) is 5.95 Å². The van der Waals surface area contributed by atoms with E-state index >= 15 is 0 Å². The van der Waals surface area contributed by atoms with Gasteiger partial charge in [0.1, 0.15) is 0 Å². The van der Waals surface area contributed by atoms with Crippen molar-refractivity contribution in [1.82, 2.24) is 25.2 Å². The second kappa shape index (κ2) is 6.45. The molecule has 3 aromatic rings. The normalized spacial score (nSPS) is 12.6. The van der Waals surface area contributed by atoms with E-state index in [0.29, 0.717) is 11.9 Å². The number of anilines is 1. The number of hydrogen-bond acceptors (Lipinski definition) is 6. The number of tetrazole rings is 1. The number of rotatable bonds is 5. The van der Waals surface area contributed by atoms with Crippen LogP contribution in [0, 0.1) is 6.92 Å². The predicted octanol–water partition coefficient (Wildman–Crippen LogP) is 3.72. The van der Waals surface area contributed by atoms with Crippen LogP contribution in [-0.4, -0.2) is 25.2 Å². The van der Waals surface area contributed by atoms with E-state index in [1.54, 1.807) is 16.0 Å². The topological polar surface area (TPSA) is 68.5 Å². The number of aromatic nitrogens is 5. The lowest BCUT2D eigenvalue weighted by molar-refractivity contribution is 0.768. The fraction of sp³-hybridized carbons (Fsp3) is 0.375. The van der Waals surface area contributed by atoms with Crippen LogP contribution >= 0.6 is 11.3 Å². The SMILES string of the molecule is Cc1ccc(-n2nnnc2NC(C)c2csc(C(C)C)n2)cc1. The van der Waals surface area contributed by atoms with Crippen LogP contribution in [0.2, 0.25) is 0 Å². The lowest BCUT2D eigenvalue weighted by atomic mass is 10.2. The third kappa shape index (κ3) is 3.39. The van der Waals surface area contributed by atoms with E-state index in [4.69, 9.17) is 0 Å². The van der Waals surface area contributed by atoms with E-state index in [2.05, 4.69) is 58.9 Å². The average Bonchev–Trinajstić information content (AvgIpc) is 3.17. The molecule has 0 aliphatic rings.